The highest BCUT2D eigenvalue weighted by atomic mass is 16.4. The van der Waals surface area contributed by atoms with Crippen LogP contribution in [0.5, 0.6) is 0 Å². The number of hydrogen-bond donors (Lipinski definition) is 1. The topological polar surface area (TPSA) is 54.4 Å². The minimum atomic E-state index is -1.43. The first-order valence-corrected chi connectivity index (χ1v) is 6.24. The van der Waals surface area contributed by atoms with Crippen LogP contribution in [0.4, 0.5) is 0 Å². The lowest BCUT2D eigenvalue weighted by atomic mass is 9.99. The summed E-state index contributed by atoms with van der Waals surface area (Å²) in [5.41, 5.74) is 1.99. The lowest BCUT2D eigenvalue weighted by molar-refractivity contribution is -0.147. The van der Waals surface area contributed by atoms with Gasteiger partial charge in [-0.15, -0.1) is 0 Å². The van der Waals surface area contributed by atoms with Crippen LogP contribution in [-0.2, 0) is 16.0 Å². The molecule has 0 spiro atoms. The predicted molar refractivity (Wildman–Crippen MR) is 77.2 cm³/mol. The summed E-state index contributed by atoms with van der Waals surface area (Å²) in [6, 6.07) is 18.6. The third-order valence-corrected chi connectivity index (χ3v) is 2.86. The third kappa shape index (κ3) is 3.65. The number of ketones is 1. The number of aliphatic carboxylic acids is 1. The van der Waals surface area contributed by atoms with Crippen LogP contribution < -0.4 is 0 Å². The summed E-state index contributed by atoms with van der Waals surface area (Å²) < 4.78 is 0. The summed E-state index contributed by atoms with van der Waals surface area (Å²) in [5, 5.41) is 8.92. The van der Waals surface area contributed by atoms with Crippen molar-refractivity contribution >= 4 is 17.8 Å². The molecule has 2 aromatic carbocycles. The van der Waals surface area contributed by atoms with Gasteiger partial charge in [0.05, 0.1) is 0 Å². The van der Waals surface area contributed by atoms with Crippen LogP contribution in [0, 0.1) is 0 Å². The van der Waals surface area contributed by atoms with Crippen LogP contribution in [0.1, 0.15) is 11.1 Å². The van der Waals surface area contributed by atoms with Crippen molar-refractivity contribution < 1.29 is 14.7 Å². The number of hydrogen-bond acceptors (Lipinski definition) is 2. The molecule has 100 valence electrons. The lowest BCUT2D eigenvalue weighted by Gasteiger charge is -2.05. The molecule has 0 atom stereocenters. The van der Waals surface area contributed by atoms with Gasteiger partial charge in [0.15, 0.2) is 0 Å². The SMILES string of the molecule is O=C(O)C(=O)/C(=C/c1ccccc1)Cc1ccccc1. The van der Waals surface area contributed by atoms with E-state index >= 15 is 0 Å². The summed E-state index contributed by atoms with van der Waals surface area (Å²) in [7, 11) is 0. The summed E-state index contributed by atoms with van der Waals surface area (Å²) in [6.07, 6.45) is 1.93. The Hall–Kier alpha value is -2.68. The summed E-state index contributed by atoms with van der Waals surface area (Å²) in [4.78, 5) is 22.7. The summed E-state index contributed by atoms with van der Waals surface area (Å²) in [5.74, 6) is -2.29. The number of rotatable bonds is 5. The highest BCUT2D eigenvalue weighted by Crippen LogP contribution is 2.14. The highest BCUT2D eigenvalue weighted by Gasteiger charge is 2.17. The largest absolute Gasteiger partial charge is 0.475 e. The first-order chi connectivity index (χ1) is 9.66. The Morgan fingerprint density at radius 2 is 1.45 bits per heavy atom. The Morgan fingerprint density at radius 1 is 0.900 bits per heavy atom. The second kappa shape index (κ2) is 6.48. The molecule has 0 radical (unpaired) electrons. The van der Waals surface area contributed by atoms with Crippen molar-refractivity contribution in [2.75, 3.05) is 0 Å². The smallest absolute Gasteiger partial charge is 0.376 e. The van der Waals surface area contributed by atoms with E-state index in [2.05, 4.69) is 0 Å². The van der Waals surface area contributed by atoms with Crippen LogP contribution in [-0.4, -0.2) is 16.9 Å². The molecule has 3 heteroatoms. The highest BCUT2D eigenvalue weighted by molar-refractivity contribution is 6.40. The van der Waals surface area contributed by atoms with E-state index in [1.807, 2.05) is 60.7 Å². The molecule has 0 saturated heterocycles. The fourth-order valence-corrected chi connectivity index (χ4v) is 1.90. The molecule has 0 aliphatic carbocycles. The molecule has 20 heavy (non-hydrogen) atoms. The molecule has 2 rings (SSSR count). The predicted octanol–water partition coefficient (Wildman–Crippen LogP) is 2.97. The summed E-state index contributed by atoms with van der Waals surface area (Å²) in [6.45, 7) is 0. The van der Waals surface area contributed by atoms with Gasteiger partial charge in [-0.3, -0.25) is 4.79 Å². The van der Waals surface area contributed by atoms with Gasteiger partial charge in [-0.25, -0.2) is 4.79 Å². The Morgan fingerprint density at radius 3 is 2.00 bits per heavy atom. The van der Waals surface area contributed by atoms with E-state index in [9.17, 15) is 9.59 Å². The van der Waals surface area contributed by atoms with Gasteiger partial charge in [-0.2, -0.15) is 0 Å². The molecule has 0 heterocycles. The minimum absolute atomic E-state index is 0.273. The lowest BCUT2D eigenvalue weighted by Crippen LogP contribution is -2.16. The molecule has 3 nitrogen and oxygen atoms in total. The normalized spacial score (nSPS) is 11.1. The Bertz CT molecular complexity index is 628. The van der Waals surface area contributed by atoms with E-state index in [0.29, 0.717) is 6.42 Å². The standard InChI is InChI=1S/C17H14O3/c18-16(17(19)20)15(11-13-7-3-1-4-8-13)12-14-9-5-2-6-10-14/h1-11H,12H2,(H,19,20)/b15-11+. The van der Waals surface area contributed by atoms with Crippen molar-refractivity contribution in [2.24, 2.45) is 0 Å². The molecular weight excluding hydrogens is 252 g/mol. The number of carbonyl (C=O) groups excluding carboxylic acids is 1. The maximum atomic E-state index is 11.8. The molecule has 0 bridgehead atoms. The zero-order valence-electron chi connectivity index (χ0n) is 10.8. The van der Waals surface area contributed by atoms with Crippen molar-refractivity contribution in [3.63, 3.8) is 0 Å². The van der Waals surface area contributed by atoms with Crippen LogP contribution in [0.2, 0.25) is 0 Å². The Kier molecular flexibility index (Phi) is 4.45. The fourth-order valence-electron chi connectivity index (χ4n) is 1.90. The number of carboxylic acid groups (broad SMARTS) is 1. The second-order valence-electron chi connectivity index (χ2n) is 4.38. The van der Waals surface area contributed by atoms with Crippen molar-refractivity contribution in [3.8, 4) is 0 Å². The molecule has 0 aliphatic heterocycles. The third-order valence-electron chi connectivity index (χ3n) is 2.86. The molecular formula is C17H14O3. The van der Waals surface area contributed by atoms with Crippen molar-refractivity contribution in [1.82, 2.24) is 0 Å². The molecule has 2 aromatic rings. The molecule has 0 aliphatic rings. The van der Waals surface area contributed by atoms with E-state index in [0.717, 1.165) is 11.1 Å². The van der Waals surface area contributed by atoms with Crippen LogP contribution in [0.15, 0.2) is 66.2 Å². The molecule has 0 unspecified atom stereocenters. The van der Waals surface area contributed by atoms with Gasteiger partial charge in [-0.1, -0.05) is 60.7 Å². The van der Waals surface area contributed by atoms with E-state index in [1.165, 1.54) is 0 Å². The molecule has 0 amide bonds. The number of Topliss-reactive ketones (excluding diaryl/α,β-unsaturated/α-hetero) is 1. The van der Waals surface area contributed by atoms with E-state index in [-0.39, 0.29) is 5.57 Å². The van der Waals surface area contributed by atoms with Gasteiger partial charge in [0.25, 0.3) is 5.78 Å². The van der Waals surface area contributed by atoms with Gasteiger partial charge in [0.1, 0.15) is 0 Å². The van der Waals surface area contributed by atoms with E-state index in [4.69, 9.17) is 5.11 Å². The number of benzene rings is 2. The molecule has 0 aromatic heterocycles. The Labute approximate surface area is 117 Å². The average Bonchev–Trinajstić information content (AvgIpc) is 2.48. The van der Waals surface area contributed by atoms with E-state index < -0.39 is 11.8 Å². The zero-order valence-corrected chi connectivity index (χ0v) is 10.8. The molecule has 1 N–H and O–H groups in total. The number of carbonyl (C=O) groups is 2. The van der Waals surface area contributed by atoms with Crippen molar-refractivity contribution in [1.29, 1.82) is 0 Å². The molecule has 0 saturated carbocycles. The fraction of sp³-hybridized carbons (Fsp3) is 0.0588. The van der Waals surface area contributed by atoms with Crippen molar-refractivity contribution in [2.45, 2.75) is 6.42 Å². The maximum absolute atomic E-state index is 11.8. The summed E-state index contributed by atoms with van der Waals surface area (Å²) >= 11 is 0. The van der Waals surface area contributed by atoms with Crippen LogP contribution >= 0.6 is 0 Å². The van der Waals surface area contributed by atoms with Gasteiger partial charge >= 0.3 is 5.97 Å². The Balaban J connectivity index is 2.33. The monoisotopic (exact) mass is 266 g/mol. The van der Waals surface area contributed by atoms with Gasteiger partial charge in [-0.05, 0) is 17.2 Å². The zero-order chi connectivity index (χ0) is 14.4. The van der Waals surface area contributed by atoms with E-state index in [1.54, 1.807) is 6.08 Å². The molecule has 0 fully saturated rings. The number of carboxylic acids is 1. The van der Waals surface area contributed by atoms with Gasteiger partial charge in [0.2, 0.25) is 0 Å². The first-order valence-electron chi connectivity index (χ1n) is 6.24. The average molecular weight is 266 g/mol. The maximum Gasteiger partial charge on any atom is 0.376 e. The van der Waals surface area contributed by atoms with Crippen LogP contribution in [0.25, 0.3) is 6.08 Å². The quantitative estimate of drug-likeness (QED) is 0.668. The van der Waals surface area contributed by atoms with Crippen LogP contribution in [0.3, 0.4) is 0 Å². The van der Waals surface area contributed by atoms with Crippen molar-refractivity contribution in [3.05, 3.63) is 77.4 Å². The van der Waals surface area contributed by atoms with Gasteiger partial charge < -0.3 is 5.11 Å². The first kappa shape index (κ1) is 13.7. The second-order valence-corrected chi connectivity index (χ2v) is 4.38. The minimum Gasteiger partial charge on any atom is -0.475 e. The van der Waals surface area contributed by atoms with Gasteiger partial charge in [0, 0.05) is 12.0 Å².